The predicted octanol–water partition coefficient (Wildman–Crippen LogP) is 1.28. The van der Waals surface area contributed by atoms with Crippen LogP contribution in [0.2, 0.25) is 0 Å². The van der Waals surface area contributed by atoms with Gasteiger partial charge in [0.1, 0.15) is 0 Å². The minimum Gasteiger partial charge on any atom is -0.481 e. The Hall–Kier alpha value is -0.570. The molecule has 11 heavy (non-hydrogen) atoms. The summed E-state index contributed by atoms with van der Waals surface area (Å²) in [6, 6.07) is 0. The van der Waals surface area contributed by atoms with Crippen LogP contribution in [0.25, 0.3) is 0 Å². The first-order valence-electron chi connectivity index (χ1n) is 4.04. The number of aliphatic carboxylic acids is 1. The van der Waals surface area contributed by atoms with E-state index in [0.29, 0.717) is 6.42 Å². The summed E-state index contributed by atoms with van der Waals surface area (Å²) in [4.78, 5) is 10.4. The van der Waals surface area contributed by atoms with E-state index in [-0.39, 0.29) is 12.0 Å². The maximum absolute atomic E-state index is 10.4. The van der Waals surface area contributed by atoms with Crippen LogP contribution in [0.15, 0.2) is 0 Å². The molecule has 1 fully saturated rings. The monoisotopic (exact) mass is 158 g/mol. The summed E-state index contributed by atoms with van der Waals surface area (Å²) in [7, 11) is 0. The first kappa shape index (κ1) is 8.53. The summed E-state index contributed by atoms with van der Waals surface area (Å²) in [5.41, 5.74) is 0. The molecule has 1 aliphatic rings. The van der Waals surface area contributed by atoms with Crippen LogP contribution in [0.5, 0.6) is 0 Å². The molecule has 1 N–H and O–H groups in total. The zero-order valence-corrected chi connectivity index (χ0v) is 6.75. The Bertz CT molecular complexity index is 138. The van der Waals surface area contributed by atoms with Crippen molar-refractivity contribution in [3.8, 4) is 0 Å². The highest BCUT2D eigenvalue weighted by Gasteiger charge is 2.21. The van der Waals surface area contributed by atoms with E-state index >= 15 is 0 Å². The smallest absolute Gasteiger partial charge is 0.306 e. The van der Waals surface area contributed by atoms with Crippen LogP contribution in [0.1, 0.15) is 26.2 Å². The molecule has 0 bridgehead atoms. The number of ether oxygens (including phenoxy) is 1. The van der Waals surface area contributed by atoms with Gasteiger partial charge in [-0.2, -0.15) is 0 Å². The Balaban J connectivity index is 2.23. The first-order valence-corrected chi connectivity index (χ1v) is 4.04. The van der Waals surface area contributed by atoms with Crippen molar-refractivity contribution >= 4 is 5.97 Å². The molecular weight excluding hydrogens is 144 g/mol. The van der Waals surface area contributed by atoms with Crippen LogP contribution in [0, 0.1) is 5.92 Å². The molecule has 0 spiro atoms. The van der Waals surface area contributed by atoms with Gasteiger partial charge in [0.15, 0.2) is 0 Å². The van der Waals surface area contributed by atoms with Gasteiger partial charge in [0.25, 0.3) is 0 Å². The number of carboxylic acids is 1. The molecule has 0 saturated carbocycles. The topological polar surface area (TPSA) is 46.5 Å². The lowest BCUT2D eigenvalue weighted by Gasteiger charge is -2.11. The van der Waals surface area contributed by atoms with E-state index in [1.54, 1.807) is 6.92 Å². The van der Waals surface area contributed by atoms with E-state index in [2.05, 4.69) is 0 Å². The van der Waals surface area contributed by atoms with Crippen molar-refractivity contribution in [2.45, 2.75) is 32.3 Å². The molecule has 0 aromatic heterocycles. The fourth-order valence-electron chi connectivity index (χ4n) is 1.33. The normalized spacial score (nSPS) is 26.8. The SMILES string of the molecule is C[C@H](C[C@@H]1CCCO1)C(=O)O. The molecule has 0 amide bonds. The van der Waals surface area contributed by atoms with Gasteiger partial charge in [-0.15, -0.1) is 0 Å². The molecule has 64 valence electrons. The van der Waals surface area contributed by atoms with Crippen molar-refractivity contribution in [3.63, 3.8) is 0 Å². The lowest BCUT2D eigenvalue weighted by molar-refractivity contribution is -0.142. The Morgan fingerprint density at radius 2 is 2.55 bits per heavy atom. The molecule has 0 aromatic rings. The van der Waals surface area contributed by atoms with Crippen molar-refractivity contribution < 1.29 is 14.6 Å². The molecule has 1 saturated heterocycles. The molecule has 0 unspecified atom stereocenters. The molecule has 0 aromatic carbocycles. The minimum atomic E-state index is -0.722. The summed E-state index contributed by atoms with van der Waals surface area (Å²) >= 11 is 0. The molecule has 3 nitrogen and oxygen atoms in total. The fraction of sp³-hybridized carbons (Fsp3) is 0.875. The highest BCUT2D eigenvalue weighted by molar-refractivity contribution is 5.69. The quantitative estimate of drug-likeness (QED) is 0.673. The minimum absolute atomic E-state index is 0.195. The van der Waals surface area contributed by atoms with Gasteiger partial charge in [-0.25, -0.2) is 0 Å². The standard InChI is InChI=1S/C8H14O3/c1-6(8(9)10)5-7-3-2-4-11-7/h6-7H,2-5H2,1H3,(H,9,10)/t6-,7+/m1/s1. The van der Waals surface area contributed by atoms with Crippen molar-refractivity contribution in [1.82, 2.24) is 0 Å². The summed E-state index contributed by atoms with van der Waals surface area (Å²) in [6.07, 6.45) is 2.96. The molecule has 1 aliphatic heterocycles. The highest BCUT2D eigenvalue weighted by atomic mass is 16.5. The zero-order chi connectivity index (χ0) is 8.27. The second-order valence-electron chi connectivity index (χ2n) is 3.11. The van der Waals surface area contributed by atoms with Crippen molar-refractivity contribution in [2.24, 2.45) is 5.92 Å². The van der Waals surface area contributed by atoms with Gasteiger partial charge in [-0.3, -0.25) is 4.79 Å². The number of hydrogen-bond donors (Lipinski definition) is 1. The van der Waals surface area contributed by atoms with Gasteiger partial charge in [-0.05, 0) is 19.3 Å². The largest absolute Gasteiger partial charge is 0.481 e. The van der Waals surface area contributed by atoms with E-state index in [9.17, 15) is 4.79 Å². The second-order valence-corrected chi connectivity index (χ2v) is 3.11. The summed E-state index contributed by atoms with van der Waals surface area (Å²) in [6.45, 7) is 2.53. The third-order valence-corrected chi connectivity index (χ3v) is 2.06. The van der Waals surface area contributed by atoms with Crippen LogP contribution < -0.4 is 0 Å². The lowest BCUT2D eigenvalue weighted by Crippen LogP contribution is -2.17. The van der Waals surface area contributed by atoms with Crippen LogP contribution in [0.3, 0.4) is 0 Å². The Morgan fingerprint density at radius 1 is 1.82 bits per heavy atom. The number of carboxylic acid groups (broad SMARTS) is 1. The van der Waals surface area contributed by atoms with Crippen LogP contribution in [-0.2, 0) is 9.53 Å². The van der Waals surface area contributed by atoms with Gasteiger partial charge < -0.3 is 9.84 Å². The first-order chi connectivity index (χ1) is 5.20. The second kappa shape index (κ2) is 3.72. The van der Waals surface area contributed by atoms with Gasteiger partial charge >= 0.3 is 5.97 Å². The highest BCUT2D eigenvalue weighted by Crippen LogP contribution is 2.19. The Labute approximate surface area is 66.4 Å². The molecule has 0 radical (unpaired) electrons. The Morgan fingerprint density at radius 3 is 3.00 bits per heavy atom. The summed E-state index contributed by atoms with van der Waals surface area (Å²) in [5, 5.41) is 8.59. The van der Waals surface area contributed by atoms with Gasteiger partial charge in [-0.1, -0.05) is 6.92 Å². The zero-order valence-electron chi connectivity index (χ0n) is 6.75. The molecule has 0 aliphatic carbocycles. The summed E-state index contributed by atoms with van der Waals surface area (Å²) in [5.74, 6) is -0.987. The average molecular weight is 158 g/mol. The molecule has 3 heteroatoms. The molecule has 1 rings (SSSR count). The van der Waals surface area contributed by atoms with E-state index in [1.807, 2.05) is 0 Å². The van der Waals surface area contributed by atoms with E-state index in [1.165, 1.54) is 0 Å². The predicted molar refractivity (Wildman–Crippen MR) is 40.4 cm³/mol. The third-order valence-electron chi connectivity index (χ3n) is 2.06. The maximum atomic E-state index is 10.4. The number of carbonyl (C=O) groups is 1. The van der Waals surface area contributed by atoms with Crippen LogP contribution >= 0.6 is 0 Å². The van der Waals surface area contributed by atoms with Crippen molar-refractivity contribution in [1.29, 1.82) is 0 Å². The lowest BCUT2D eigenvalue weighted by atomic mass is 10.0. The summed E-state index contributed by atoms with van der Waals surface area (Å²) < 4.78 is 5.31. The molecule has 1 heterocycles. The molecular formula is C8H14O3. The van der Waals surface area contributed by atoms with E-state index in [0.717, 1.165) is 19.4 Å². The van der Waals surface area contributed by atoms with Gasteiger partial charge in [0.2, 0.25) is 0 Å². The van der Waals surface area contributed by atoms with Crippen molar-refractivity contribution in [2.75, 3.05) is 6.61 Å². The Kier molecular flexibility index (Phi) is 2.88. The van der Waals surface area contributed by atoms with Crippen LogP contribution in [-0.4, -0.2) is 23.8 Å². The van der Waals surface area contributed by atoms with Gasteiger partial charge in [0, 0.05) is 6.61 Å². The third kappa shape index (κ3) is 2.50. The van der Waals surface area contributed by atoms with Crippen LogP contribution in [0.4, 0.5) is 0 Å². The van der Waals surface area contributed by atoms with Crippen molar-refractivity contribution in [3.05, 3.63) is 0 Å². The fourth-order valence-corrected chi connectivity index (χ4v) is 1.33. The number of hydrogen-bond acceptors (Lipinski definition) is 2. The van der Waals surface area contributed by atoms with E-state index in [4.69, 9.17) is 9.84 Å². The van der Waals surface area contributed by atoms with E-state index < -0.39 is 5.97 Å². The average Bonchev–Trinajstić information content (AvgIpc) is 2.39. The van der Waals surface area contributed by atoms with Gasteiger partial charge in [0.05, 0.1) is 12.0 Å². The maximum Gasteiger partial charge on any atom is 0.306 e. The molecule has 2 atom stereocenters. The number of rotatable bonds is 3.